The lowest BCUT2D eigenvalue weighted by atomic mass is 10.3. The van der Waals surface area contributed by atoms with Crippen molar-refractivity contribution in [1.82, 2.24) is 10.3 Å². The molecule has 1 N–H and O–H groups in total. The maximum atomic E-state index is 8.87. The first-order valence-electron chi connectivity index (χ1n) is 5.22. The summed E-state index contributed by atoms with van der Waals surface area (Å²) in [6.07, 6.45) is 5.14. The molecule has 0 atom stereocenters. The number of nitrogens with zero attached hydrogens (tertiary/aromatic N) is 3. The van der Waals surface area contributed by atoms with Gasteiger partial charge in [0.15, 0.2) is 5.57 Å². The van der Waals surface area contributed by atoms with Crippen molar-refractivity contribution in [2.24, 2.45) is 0 Å². The van der Waals surface area contributed by atoms with Crippen LogP contribution >= 0.6 is 11.8 Å². The third kappa shape index (κ3) is 4.32. The number of hydrogen-bond acceptors (Lipinski definition) is 5. The highest BCUT2D eigenvalue weighted by Gasteiger charge is 2.06. The molecule has 18 heavy (non-hydrogen) atoms. The van der Waals surface area contributed by atoms with Gasteiger partial charge in [0.1, 0.15) is 12.1 Å². The summed E-state index contributed by atoms with van der Waals surface area (Å²) in [4.78, 5) is 4.01. The summed E-state index contributed by atoms with van der Waals surface area (Å²) in [6, 6.07) is 7.57. The van der Waals surface area contributed by atoms with Crippen molar-refractivity contribution < 1.29 is 0 Å². The number of nitrogens with one attached hydrogen (secondary N) is 1. The molecule has 1 aromatic rings. The Morgan fingerprint density at radius 3 is 2.83 bits per heavy atom. The van der Waals surface area contributed by atoms with Crippen molar-refractivity contribution in [3.8, 4) is 12.1 Å². The highest BCUT2D eigenvalue weighted by atomic mass is 32.2. The Morgan fingerprint density at radius 2 is 2.28 bits per heavy atom. The molecule has 0 saturated heterocycles. The van der Waals surface area contributed by atoms with E-state index in [-0.39, 0.29) is 5.57 Å². The molecule has 5 heteroatoms. The van der Waals surface area contributed by atoms with Gasteiger partial charge in [0.25, 0.3) is 0 Å². The van der Waals surface area contributed by atoms with Gasteiger partial charge in [-0.3, -0.25) is 4.98 Å². The zero-order valence-corrected chi connectivity index (χ0v) is 10.6. The minimum Gasteiger partial charge on any atom is -0.375 e. The Balaban J connectivity index is 2.75. The second kappa shape index (κ2) is 7.94. The molecule has 0 aliphatic carbocycles. The van der Waals surface area contributed by atoms with Gasteiger partial charge in [-0.2, -0.15) is 10.5 Å². The van der Waals surface area contributed by atoms with Gasteiger partial charge in [-0.05, 0) is 11.6 Å². The van der Waals surface area contributed by atoms with Crippen LogP contribution in [0.25, 0.3) is 0 Å². The highest BCUT2D eigenvalue weighted by molar-refractivity contribution is 8.02. The summed E-state index contributed by atoms with van der Waals surface area (Å²) in [7, 11) is 0. The lowest BCUT2D eigenvalue weighted by Crippen LogP contribution is -2.12. The number of thioether (sulfide) groups is 1. The molecular weight excluding hydrogens is 244 g/mol. The smallest absolute Gasteiger partial charge is 0.159 e. The van der Waals surface area contributed by atoms with Gasteiger partial charge in [-0.1, -0.05) is 12.1 Å². The van der Waals surface area contributed by atoms with E-state index >= 15 is 0 Å². The Bertz CT molecular complexity index is 492. The van der Waals surface area contributed by atoms with E-state index in [9.17, 15) is 0 Å². The molecule has 0 unspecified atom stereocenters. The molecule has 0 fully saturated rings. The van der Waals surface area contributed by atoms with Crippen LogP contribution in [0.5, 0.6) is 0 Å². The second-order valence-corrected chi connectivity index (χ2v) is 4.23. The number of aromatic nitrogens is 1. The fraction of sp³-hybridized carbons (Fsp3) is 0.154. The first-order chi connectivity index (χ1) is 8.81. The summed E-state index contributed by atoms with van der Waals surface area (Å²) in [5.41, 5.74) is 1.13. The predicted octanol–water partition coefficient (Wildman–Crippen LogP) is 2.35. The van der Waals surface area contributed by atoms with Gasteiger partial charge in [-0.15, -0.1) is 18.3 Å². The fourth-order valence-corrected chi connectivity index (χ4v) is 2.04. The topological polar surface area (TPSA) is 72.5 Å². The van der Waals surface area contributed by atoms with Gasteiger partial charge in [-0.25, -0.2) is 0 Å². The molecule has 4 nitrogen and oxygen atoms in total. The standard InChI is InChI=1S/C13H12N4S/c1-2-5-17-13(12(7-14)8-15)18-10-11-4-3-6-16-9-11/h2-4,6,9,17H,1,5,10H2. The molecule has 1 heterocycles. The maximum Gasteiger partial charge on any atom is 0.159 e. The molecule has 90 valence electrons. The van der Waals surface area contributed by atoms with Gasteiger partial charge < -0.3 is 5.32 Å². The third-order valence-electron chi connectivity index (χ3n) is 1.96. The molecule has 0 bridgehead atoms. The zero-order valence-electron chi connectivity index (χ0n) is 9.76. The monoisotopic (exact) mass is 256 g/mol. The van der Waals surface area contributed by atoms with E-state index in [0.29, 0.717) is 17.3 Å². The van der Waals surface area contributed by atoms with Gasteiger partial charge in [0, 0.05) is 24.7 Å². The molecule has 0 aliphatic heterocycles. The minimum atomic E-state index is 0.0886. The number of nitriles is 2. The minimum absolute atomic E-state index is 0.0886. The molecule has 0 saturated carbocycles. The lowest BCUT2D eigenvalue weighted by molar-refractivity contribution is 0.963. The largest absolute Gasteiger partial charge is 0.375 e. The van der Waals surface area contributed by atoms with E-state index in [1.165, 1.54) is 11.8 Å². The summed E-state index contributed by atoms with van der Waals surface area (Å²) in [6.45, 7) is 4.11. The van der Waals surface area contributed by atoms with Crippen molar-refractivity contribution in [1.29, 1.82) is 10.5 Å². The van der Waals surface area contributed by atoms with Crippen LogP contribution in [0.3, 0.4) is 0 Å². The van der Waals surface area contributed by atoms with Crippen LogP contribution in [-0.2, 0) is 5.75 Å². The molecular formula is C13H12N4S. The Hall–Kier alpha value is -2.24. The van der Waals surface area contributed by atoms with Crippen molar-refractivity contribution in [3.63, 3.8) is 0 Å². The lowest BCUT2D eigenvalue weighted by Gasteiger charge is -2.08. The van der Waals surface area contributed by atoms with Crippen LogP contribution in [0.2, 0.25) is 0 Å². The summed E-state index contributed by atoms with van der Waals surface area (Å²) >= 11 is 1.41. The summed E-state index contributed by atoms with van der Waals surface area (Å²) < 4.78 is 0. The zero-order chi connectivity index (χ0) is 13.2. The molecule has 0 spiro atoms. The van der Waals surface area contributed by atoms with E-state index in [2.05, 4.69) is 16.9 Å². The number of hydrogen-bond donors (Lipinski definition) is 1. The quantitative estimate of drug-likeness (QED) is 0.624. The first kappa shape index (κ1) is 13.8. The van der Waals surface area contributed by atoms with Crippen LogP contribution in [0.4, 0.5) is 0 Å². The van der Waals surface area contributed by atoms with Crippen LogP contribution < -0.4 is 5.32 Å². The Kier molecular flexibility index (Phi) is 6.10. The molecule has 0 radical (unpaired) electrons. The van der Waals surface area contributed by atoms with Crippen molar-refractivity contribution in [2.45, 2.75) is 5.75 Å². The van der Waals surface area contributed by atoms with E-state index in [4.69, 9.17) is 10.5 Å². The van der Waals surface area contributed by atoms with Crippen LogP contribution in [0.1, 0.15) is 5.56 Å². The first-order valence-corrected chi connectivity index (χ1v) is 6.21. The fourth-order valence-electron chi connectivity index (χ4n) is 1.14. The average Bonchev–Trinajstić information content (AvgIpc) is 2.43. The summed E-state index contributed by atoms with van der Waals surface area (Å²) in [5.74, 6) is 0.653. The number of pyridine rings is 1. The van der Waals surface area contributed by atoms with E-state index in [1.54, 1.807) is 18.5 Å². The normalized spacial score (nSPS) is 8.78. The van der Waals surface area contributed by atoms with Gasteiger partial charge in [0.05, 0.1) is 5.03 Å². The molecule has 0 amide bonds. The average molecular weight is 256 g/mol. The maximum absolute atomic E-state index is 8.87. The van der Waals surface area contributed by atoms with E-state index in [0.717, 1.165) is 5.56 Å². The SMILES string of the molecule is C=CCNC(SCc1cccnc1)=C(C#N)C#N. The van der Waals surface area contributed by atoms with Gasteiger partial charge in [0.2, 0.25) is 0 Å². The molecule has 0 aliphatic rings. The Labute approximate surface area is 111 Å². The van der Waals surface area contributed by atoms with Gasteiger partial charge >= 0.3 is 0 Å². The van der Waals surface area contributed by atoms with Crippen LogP contribution in [0, 0.1) is 22.7 Å². The van der Waals surface area contributed by atoms with Crippen LogP contribution in [-0.4, -0.2) is 11.5 Å². The predicted molar refractivity (Wildman–Crippen MR) is 72.0 cm³/mol. The van der Waals surface area contributed by atoms with E-state index in [1.807, 2.05) is 24.3 Å². The number of rotatable bonds is 6. The van der Waals surface area contributed by atoms with Crippen molar-refractivity contribution in [2.75, 3.05) is 6.54 Å². The van der Waals surface area contributed by atoms with Crippen LogP contribution in [0.15, 0.2) is 47.8 Å². The molecule has 0 aromatic carbocycles. The summed E-state index contributed by atoms with van der Waals surface area (Å²) in [5, 5.41) is 21.3. The van der Waals surface area contributed by atoms with E-state index < -0.39 is 0 Å². The van der Waals surface area contributed by atoms with Crippen molar-refractivity contribution >= 4 is 11.8 Å². The highest BCUT2D eigenvalue weighted by Crippen LogP contribution is 2.21. The second-order valence-electron chi connectivity index (χ2n) is 3.25. The Morgan fingerprint density at radius 1 is 1.50 bits per heavy atom. The number of allylic oxidation sites excluding steroid dienone is 1. The molecule has 1 rings (SSSR count). The van der Waals surface area contributed by atoms with Crippen molar-refractivity contribution in [3.05, 3.63) is 53.3 Å². The molecule has 1 aromatic heterocycles. The third-order valence-corrected chi connectivity index (χ3v) is 3.08.